The van der Waals surface area contributed by atoms with Gasteiger partial charge in [0.15, 0.2) is 5.82 Å². The molecule has 6 nitrogen and oxygen atoms in total. The predicted octanol–water partition coefficient (Wildman–Crippen LogP) is 3.28. The highest BCUT2D eigenvalue weighted by Gasteiger charge is 2.08. The normalized spacial score (nSPS) is 11.0. The monoisotopic (exact) mass is 325 g/mol. The van der Waals surface area contributed by atoms with Crippen LogP contribution in [-0.4, -0.2) is 32.7 Å². The summed E-state index contributed by atoms with van der Waals surface area (Å²) in [5, 5.41) is 11.4. The smallest absolute Gasteiger partial charge is 0.216 e. The molecule has 0 amide bonds. The van der Waals surface area contributed by atoms with E-state index in [-0.39, 0.29) is 0 Å². The molecule has 23 heavy (non-hydrogen) atoms. The van der Waals surface area contributed by atoms with Gasteiger partial charge in [-0.2, -0.15) is 14.9 Å². The number of nitrogens with one attached hydrogen (secondary N) is 1. The van der Waals surface area contributed by atoms with Crippen LogP contribution in [0.15, 0.2) is 53.8 Å². The third-order valence-electron chi connectivity index (χ3n) is 3.07. The van der Waals surface area contributed by atoms with Gasteiger partial charge in [0.2, 0.25) is 4.77 Å². The summed E-state index contributed by atoms with van der Waals surface area (Å²) < 4.78 is 7.43. The van der Waals surface area contributed by atoms with Crippen LogP contribution in [0.2, 0.25) is 0 Å². The third kappa shape index (κ3) is 3.51. The fourth-order valence-electron chi connectivity index (χ4n) is 2.02. The maximum absolute atomic E-state index is 5.44. The second kappa shape index (κ2) is 6.97. The van der Waals surface area contributed by atoms with E-state index in [0.717, 1.165) is 17.0 Å². The highest BCUT2D eigenvalue weighted by atomic mass is 32.1. The van der Waals surface area contributed by atoms with Crippen LogP contribution < -0.4 is 4.74 Å². The molecule has 0 unspecified atom stereocenters. The molecule has 2 aromatic heterocycles. The second-order valence-electron chi connectivity index (χ2n) is 4.62. The number of H-pyrrole nitrogens is 1. The van der Waals surface area contributed by atoms with E-state index < -0.39 is 0 Å². The average molecular weight is 325 g/mol. The molecular weight excluding hydrogens is 310 g/mol. The van der Waals surface area contributed by atoms with Crippen LogP contribution in [-0.2, 0) is 0 Å². The first-order chi connectivity index (χ1) is 11.3. The van der Waals surface area contributed by atoms with E-state index in [2.05, 4.69) is 20.3 Å². The number of aromatic amines is 1. The molecule has 2 heterocycles. The Kier molecular flexibility index (Phi) is 4.58. The quantitative estimate of drug-likeness (QED) is 0.577. The minimum atomic E-state index is 0.418. The molecule has 0 atom stereocenters. The van der Waals surface area contributed by atoms with Crippen LogP contribution >= 0.6 is 12.2 Å². The summed E-state index contributed by atoms with van der Waals surface area (Å²) in [7, 11) is 0. The number of hydrogen-bond donors (Lipinski definition) is 1. The Balaban J connectivity index is 1.92. The fraction of sp³-hybridized carbons (Fsp3) is 0.125. The summed E-state index contributed by atoms with van der Waals surface area (Å²) in [5.74, 6) is 1.44. The van der Waals surface area contributed by atoms with Crippen LogP contribution in [0.1, 0.15) is 12.6 Å². The van der Waals surface area contributed by atoms with Crippen molar-refractivity contribution in [1.82, 2.24) is 19.9 Å². The second-order valence-corrected chi connectivity index (χ2v) is 5.01. The van der Waals surface area contributed by atoms with Gasteiger partial charge in [0.05, 0.1) is 18.5 Å². The molecule has 0 aliphatic heterocycles. The number of hydrogen-bond acceptors (Lipinski definition) is 5. The molecule has 0 spiro atoms. The largest absolute Gasteiger partial charge is 0.494 e. The third-order valence-corrected chi connectivity index (χ3v) is 3.33. The number of pyridine rings is 1. The molecule has 7 heteroatoms. The summed E-state index contributed by atoms with van der Waals surface area (Å²) >= 11 is 5.24. The average Bonchev–Trinajstić information content (AvgIpc) is 2.96. The Morgan fingerprint density at radius 3 is 2.78 bits per heavy atom. The first-order valence-corrected chi connectivity index (χ1v) is 7.55. The standard InChI is InChI=1S/C16H15N5OS/c1-2-22-14-8-6-12(7-9-14)15-19-20-16(23)21(15)18-11-13-5-3-4-10-17-13/h3-11H,2H2,1H3,(H,20,23). The van der Waals surface area contributed by atoms with Crippen LogP contribution in [0.3, 0.4) is 0 Å². The molecule has 0 aliphatic rings. The first kappa shape index (κ1) is 15.1. The van der Waals surface area contributed by atoms with Crippen LogP contribution in [0.4, 0.5) is 0 Å². The van der Waals surface area contributed by atoms with Gasteiger partial charge in [0, 0.05) is 11.8 Å². The minimum Gasteiger partial charge on any atom is -0.494 e. The molecule has 3 aromatic rings. The lowest BCUT2D eigenvalue weighted by Gasteiger charge is -2.04. The summed E-state index contributed by atoms with van der Waals surface area (Å²) in [4.78, 5) is 4.20. The van der Waals surface area contributed by atoms with E-state index in [9.17, 15) is 0 Å². The maximum atomic E-state index is 5.44. The number of nitrogens with zero attached hydrogens (tertiary/aromatic N) is 4. The predicted molar refractivity (Wildman–Crippen MR) is 91.2 cm³/mol. The van der Waals surface area contributed by atoms with E-state index >= 15 is 0 Å². The van der Waals surface area contributed by atoms with Gasteiger partial charge in [-0.3, -0.25) is 4.98 Å². The highest BCUT2D eigenvalue weighted by molar-refractivity contribution is 7.71. The van der Waals surface area contributed by atoms with Crippen molar-refractivity contribution >= 4 is 18.4 Å². The summed E-state index contributed by atoms with van der Waals surface area (Å²) in [6.45, 7) is 2.58. The number of aromatic nitrogens is 4. The lowest BCUT2D eigenvalue weighted by Crippen LogP contribution is -1.96. The molecule has 0 bridgehead atoms. The van der Waals surface area contributed by atoms with Crippen molar-refractivity contribution in [1.29, 1.82) is 0 Å². The van der Waals surface area contributed by atoms with Gasteiger partial charge in [-0.15, -0.1) is 0 Å². The molecule has 1 N–H and O–H groups in total. The Morgan fingerprint density at radius 1 is 1.26 bits per heavy atom. The van der Waals surface area contributed by atoms with E-state index in [1.165, 1.54) is 0 Å². The zero-order chi connectivity index (χ0) is 16.1. The lowest BCUT2D eigenvalue weighted by atomic mass is 10.2. The van der Waals surface area contributed by atoms with Crippen molar-refractivity contribution in [3.63, 3.8) is 0 Å². The molecule has 3 rings (SSSR count). The van der Waals surface area contributed by atoms with Gasteiger partial charge >= 0.3 is 0 Å². The summed E-state index contributed by atoms with van der Waals surface area (Å²) in [5.41, 5.74) is 1.63. The van der Waals surface area contributed by atoms with E-state index in [1.807, 2.05) is 49.4 Å². The molecule has 1 aromatic carbocycles. The van der Waals surface area contributed by atoms with Crippen LogP contribution in [0.25, 0.3) is 11.4 Å². The van der Waals surface area contributed by atoms with Crippen LogP contribution in [0.5, 0.6) is 5.75 Å². The fourth-order valence-corrected chi connectivity index (χ4v) is 2.20. The molecule has 0 saturated carbocycles. The number of ether oxygens (including phenoxy) is 1. The van der Waals surface area contributed by atoms with Crippen LogP contribution in [0, 0.1) is 4.77 Å². The van der Waals surface area contributed by atoms with E-state index in [0.29, 0.717) is 17.2 Å². The highest BCUT2D eigenvalue weighted by Crippen LogP contribution is 2.21. The number of benzene rings is 1. The van der Waals surface area contributed by atoms with Crippen molar-refractivity contribution in [3.8, 4) is 17.1 Å². The lowest BCUT2D eigenvalue weighted by molar-refractivity contribution is 0.340. The van der Waals surface area contributed by atoms with Crippen molar-refractivity contribution < 1.29 is 4.74 Å². The van der Waals surface area contributed by atoms with Gasteiger partial charge in [0.1, 0.15) is 5.75 Å². The van der Waals surface area contributed by atoms with Crippen molar-refractivity contribution in [2.24, 2.45) is 5.10 Å². The first-order valence-electron chi connectivity index (χ1n) is 7.14. The van der Waals surface area contributed by atoms with Gasteiger partial charge in [-0.05, 0) is 55.5 Å². The summed E-state index contributed by atoms with van der Waals surface area (Å²) in [6.07, 6.45) is 3.35. The van der Waals surface area contributed by atoms with Gasteiger partial charge in [0.25, 0.3) is 0 Å². The molecule has 0 radical (unpaired) electrons. The molecule has 0 fully saturated rings. The van der Waals surface area contributed by atoms with Crippen molar-refractivity contribution in [3.05, 3.63) is 59.1 Å². The number of rotatable bonds is 5. The summed E-state index contributed by atoms with van der Waals surface area (Å²) in [6, 6.07) is 13.2. The van der Waals surface area contributed by atoms with Crippen molar-refractivity contribution in [2.45, 2.75) is 6.92 Å². The minimum absolute atomic E-state index is 0.418. The van der Waals surface area contributed by atoms with Gasteiger partial charge in [-0.25, -0.2) is 5.10 Å². The Labute approximate surface area is 138 Å². The SMILES string of the molecule is CCOc1ccc(-c2n[nH]c(=S)n2N=Cc2ccccn2)cc1. The zero-order valence-electron chi connectivity index (χ0n) is 12.5. The van der Waals surface area contributed by atoms with E-state index in [1.54, 1.807) is 17.1 Å². The van der Waals surface area contributed by atoms with Gasteiger partial charge < -0.3 is 4.74 Å². The zero-order valence-corrected chi connectivity index (χ0v) is 13.3. The molecular formula is C16H15N5OS. The molecule has 116 valence electrons. The van der Waals surface area contributed by atoms with Crippen molar-refractivity contribution in [2.75, 3.05) is 6.61 Å². The Morgan fingerprint density at radius 2 is 2.09 bits per heavy atom. The van der Waals surface area contributed by atoms with Gasteiger partial charge in [-0.1, -0.05) is 6.07 Å². The molecule has 0 saturated heterocycles. The molecule has 0 aliphatic carbocycles. The maximum Gasteiger partial charge on any atom is 0.216 e. The Hall–Kier alpha value is -2.80. The topological polar surface area (TPSA) is 68.1 Å². The van der Waals surface area contributed by atoms with E-state index in [4.69, 9.17) is 17.0 Å². The Bertz CT molecular complexity index is 852.